The smallest absolute Gasteiger partial charge is 0.112 e. The highest BCUT2D eigenvalue weighted by atomic mass is 16.1. The molecule has 4 rings (SSSR count). The topological polar surface area (TPSA) is 41.1 Å². The van der Waals surface area contributed by atoms with E-state index >= 15 is 0 Å². The SMILES string of the molecule is C=O.c1ccc(NNC(c2ccccc2)(c2ccccc2)c2ccccc2)cc1. The van der Waals surface area contributed by atoms with E-state index in [0.717, 1.165) is 5.69 Å². The highest BCUT2D eigenvalue weighted by molar-refractivity contribution is 5.51. The Kier molecular flexibility index (Phi) is 6.93. The Hall–Kier alpha value is -3.69. The molecule has 0 amide bonds. The van der Waals surface area contributed by atoms with Crippen molar-refractivity contribution in [1.82, 2.24) is 5.43 Å². The summed E-state index contributed by atoms with van der Waals surface area (Å²) in [7, 11) is 0. The fraction of sp³-hybridized carbons (Fsp3) is 0.0385. The van der Waals surface area contributed by atoms with Gasteiger partial charge in [0.1, 0.15) is 12.3 Å². The standard InChI is InChI=1S/C25H22N2.CH2O/c1-5-13-21(14-6-1)25(22-15-7-2-8-16-22,23-17-9-3-10-18-23)27-26-24-19-11-4-12-20-24;1-2/h1-20,26-27H;1H2. The van der Waals surface area contributed by atoms with E-state index in [0.29, 0.717) is 0 Å². The molecule has 4 aromatic carbocycles. The van der Waals surface area contributed by atoms with E-state index in [-0.39, 0.29) is 0 Å². The van der Waals surface area contributed by atoms with Gasteiger partial charge in [-0.2, -0.15) is 0 Å². The summed E-state index contributed by atoms with van der Waals surface area (Å²) in [5.74, 6) is 0. The molecule has 29 heavy (non-hydrogen) atoms. The van der Waals surface area contributed by atoms with Crippen LogP contribution in [0.4, 0.5) is 5.69 Å². The first-order chi connectivity index (χ1) is 14.4. The van der Waals surface area contributed by atoms with Gasteiger partial charge in [-0.3, -0.25) is 0 Å². The summed E-state index contributed by atoms with van der Waals surface area (Å²) >= 11 is 0. The van der Waals surface area contributed by atoms with Crippen molar-refractivity contribution in [3.63, 3.8) is 0 Å². The van der Waals surface area contributed by atoms with Crippen LogP contribution in [0, 0.1) is 0 Å². The molecule has 4 aromatic rings. The number of para-hydroxylation sites is 1. The van der Waals surface area contributed by atoms with Gasteiger partial charge >= 0.3 is 0 Å². The van der Waals surface area contributed by atoms with Gasteiger partial charge in [0.15, 0.2) is 0 Å². The van der Waals surface area contributed by atoms with Crippen LogP contribution in [-0.4, -0.2) is 6.79 Å². The van der Waals surface area contributed by atoms with Gasteiger partial charge in [-0.1, -0.05) is 109 Å². The van der Waals surface area contributed by atoms with Crippen molar-refractivity contribution in [2.45, 2.75) is 5.54 Å². The van der Waals surface area contributed by atoms with Crippen molar-refractivity contribution in [2.24, 2.45) is 0 Å². The van der Waals surface area contributed by atoms with Crippen molar-refractivity contribution in [3.8, 4) is 0 Å². The van der Waals surface area contributed by atoms with Crippen LogP contribution in [-0.2, 0) is 10.3 Å². The number of hydrogen-bond acceptors (Lipinski definition) is 3. The van der Waals surface area contributed by atoms with Crippen LogP contribution < -0.4 is 10.9 Å². The number of rotatable bonds is 6. The number of carbonyl (C=O) groups excluding carboxylic acids is 1. The minimum absolute atomic E-state index is 0.528. The zero-order valence-corrected chi connectivity index (χ0v) is 16.2. The van der Waals surface area contributed by atoms with Crippen LogP contribution in [0.25, 0.3) is 0 Å². The second kappa shape index (κ2) is 10.0. The van der Waals surface area contributed by atoms with E-state index in [2.05, 4.69) is 114 Å². The van der Waals surface area contributed by atoms with Crippen LogP contribution in [0.15, 0.2) is 121 Å². The molecule has 0 aliphatic rings. The maximum Gasteiger partial charge on any atom is 0.112 e. The molecule has 3 heteroatoms. The molecule has 0 saturated carbocycles. The first-order valence-electron chi connectivity index (χ1n) is 9.43. The van der Waals surface area contributed by atoms with Gasteiger partial charge in [-0.25, -0.2) is 5.43 Å². The summed E-state index contributed by atoms with van der Waals surface area (Å²) in [6.07, 6.45) is 0. The number of nitrogens with one attached hydrogen (secondary N) is 2. The molecule has 0 heterocycles. The molecule has 0 aliphatic heterocycles. The van der Waals surface area contributed by atoms with E-state index in [1.807, 2.05) is 25.0 Å². The third kappa shape index (κ3) is 4.42. The summed E-state index contributed by atoms with van der Waals surface area (Å²) in [5, 5.41) is 0. The monoisotopic (exact) mass is 380 g/mol. The Morgan fingerprint density at radius 1 is 0.483 bits per heavy atom. The molecule has 0 unspecified atom stereocenters. The van der Waals surface area contributed by atoms with Crippen LogP contribution >= 0.6 is 0 Å². The second-order valence-corrected chi connectivity index (χ2v) is 6.46. The van der Waals surface area contributed by atoms with Crippen LogP contribution in [0.3, 0.4) is 0 Å². The van der Waals surface area contributed by atoms with E-state index in [1.165, 1.54) is 16.7 Å². The van der Waals surface area contributed by atoms with Crippen LogP contribution in [0.5, 0.6) is 0 Å². The van der Waals surface area contributed by atoms with Gasteiger partial charge in [0.05, 0.1) is 0 Å². The Morgan fingerprint density at radius 3 is 1.14 bits per heavy atom. The summed E-state index contributed by atoms with van der Waals surface area (Å²) in [6, 6.07) is 41.8. The zero-order chi connectivity index (χ0) is 20.4. The molecular weight excluding hydrogens is 356 g/mol. The second-order valence-electron chi connectivity index (χ2n) is 6.46. The maximum absolute atomic E-state index is 8.00. The zero-order valence-electron chi connectivity index (χ0n) is 16.2. The van der Waals surface area contributed by atoms with Gasteiger partial charge in [-0.15, -0.1) is 0 Å². The van der Waals surface area contributed by atoms with E-state index in [4.69, 9.17) is 4.79 Å². The molecule has 144 valence electrons. The Balaban J connectivity index is 0.00000117. The van der Waals surface area contributed by atoms with E-state index in [9.17, 15) is 0 Å². The van der Waals surface area contributed by atoms with Gasteiger partial charge in [-0.05, 0) is 28.8 Å². The maximum atomic E-state index is 8.00. The Morgan fingerprint density at radius 2 is 0.793 bits per heavy atom. The number of hydrazine groups is 1. The molecule has 2 N–H and O–H groups in total. The predicted octanol–water partition coefficient (Wildman–Crippen LogP) is 5.41. The number of benzene rings is 4. The lowest BCUT2D eigenvalue weighted by Gasteiger charge is -2.37. The van der Waals surface area contributed by atoms with E-state index < -0.39 is 5.54 Å². The minimum atomic E-state index is -0.528. The highest BCUT2D eigenvalue weighted by Crippen LogP contribution is 2.36. The van der Waals surface area contributed by atoms with Crippen molar-refractivity contribution in [2.75, 3.05) is 5.43 Å². The molecule has 0 radical (unpaired) electrons. The molecular formula is C26H24N2O. The molecule has 3 nitrogen and oxygen atoms in total. The van der Waals surface area contributed by atoms with Crippen LogP contribution in [0.1, 0.15) is 16.7 Å². The van der Waals surface area contributed by atoms with Crippen molar-refractivity contribution < 1.29 is 4.79 Å². The fourth-order valence-electron chi connectivity index (χ4n) is 3.47. The number of anilines is 1. The van der Waals surface area contributed by atoms with Crippen LogP contribution in [0.2, 0.25) is 0 Å². The minimum Gasteiger partial charge on any atom is -0.320 e. The lowest BCUT2D eigenvalue weighted by atomic mass is 9.77. The quantitative estimate of drug-likeness (QED) is 0.347. The lowest BCUT2D eigenvalue weighted by molar-refractivity contribution is -0.0979. The van der Waals surface area contributed by atoms with Crippen molar-refractivity contribution >= 4 is 12.5 Å². The van der Waals surface area contributed by atoms with Crippen molar-refractivity contribution in [3.05, 3.63) is 138 Å². The Bertz CT molecular complexity index is 877. The van der Waals surface area contributed by atoms with Crippen molar-refractivity contribution in [1.29, 1.82) is 0 Å². The largest absolute Gasteiger partial charge is 0.320 e. The first-order valence-corrected chi connectivity index (χ1v) is 9.43. The summed E-state index contributed by atoms with van der Waals surface area (Å²) in [5.41, 5.74) is 11.1. The molecule has 0 atom stereocenters. The normalized spacial score (nSPS) is 10.5. The summed E-state index contributed by atoms with van der Waals surface area (Å²) in [4.78, 5) is 8.00. The van der Waals surface area contributed by atoms with E-state index in [1.54, 1.807) is 0 Å². The lowest BCUT2D eigenvalue weighted by Crippen LogP contribution is -2.47. The Labute approximate surface area is 172 Å². The third-order valence-electron chi connectivity index (χ3n) is 4.79. The molecule has 0 spiro atoms. The summed E-state index contributed by atoms with van der Waals surface area (Å²) in [6.45, 7) is 2.00. The predicted molar refractivity (Wildman–Crippen MR) is 120 cm³/mol. The summed E-state index contributed by atoms with van der Waals surface area (Å²) < 4.78 is 0. The number of hydrogen-bond donors (Lipinski definition) is 2. The van der Waals surface area contributed by atoms with Gasteiger partial charge in [0.25, 0.3) is 0 Å². The molecule has 0 bridgehead atoms. The third-order valence-corrected chi connectivity index (χ3v) is 4.79. The molecule has 0 saturated heterocycles. The van der Waals surface area contributed by atoms with Gasteiger partial charge in [0, 0.05) is 5.69 Å². The average molecular weight is 380 g/mol. The number of carbonyl (C=O) groups is 1. The molecule has 0 aliphatic carbocycles. The molecule has 0 fully saturated rings. The first kappa shape index (κ1) is 20.1. The fourth-order valence-corrected chi connectivity index (χ4v) is 3.47. The average Bonchev–Trinajstić information content (AvgIpc) is 2.84. The highest BCUT2D eigenvalue weighted by Gasteiger charge is 2.36. The van der Waals surface area contributed by atoms with Gasteiger partial charge in [0.2, 0.25) is 0 Å². The molecule has 0 aromatic heterocycles. The van der Waals surface area contributed by atoms with Gasteiger partial charge < -0.3 is 10.2 Å².